The number of nitro groups is 1. The third kappa shape index (κ3) is 2.20. The van der Waals surface area contributed by atoms with Gasteiger partial charge in [0.1, 0.15) is 16.2 Å². The minimum absolute atomic E-state index is 0.0401. The summed E-state index contributed by atoms with van der Waals surface area (Å²) < 4.78 is 0. The highest BCUT2D eigenvalue weighted by Gasteiger charge is 2.43. The van der Waals surface area contributed by atoms with Gasteiger partial charge in [0.15, 0.2) is 0 Å². The van der Waals surface area contributed by atoms with Gasteiger partial charge in [0.2, 0.25) is 5.91 Å². The zero-order valence-electron chi connectivity index (χ0n) is 10.8. The molecule has 0 aromatic heterocycles. The molecule has 0 saturated carbocycles. The summed E-state index contributed by atoms with van der Waals surface area (Å²) in [6, 6.07) is 4.40. The largest absolute Gasteiger partial charge is 0.342 e. The van der Waals surface area contributed by atoms with E-state index in [1.165, 1.54) is 23.1 Å². The second-order valence-electron chi connectivity index (χ2n) is 4.89. The molecule has 106 valence electrons. The quantitative estimate of drug-likeness (QED) is 0.507. The number of para-hydroxylation sites is 1. The van der Waals surface area contributed by atoms with Gasteiger partial charge in [0, 0.05) is 0 Å². The predicted octanol–water partition coefficient (Wildman–Crippen LogP) is 1.49. The molecule has 2 amide bonds. The molecule has 0 unspecified atom stereocenters. The molecule has 1 saturated heterocycles. The van der Waals surface area contributed by atoms with Crippen molar-refractivity contribution in [1.82, 2.24) is 5.32 Å². The van der Waals surface area contributed by atoms with Gasteiger partial charge < -0.3 is 4.90 Å². The molecule has 0 bridgehead atoms. The van der Waals surface area contributed by atoms with Crippen molar-refractivity contribution in [2.24, 2.45) is 0 Å². The van der Waals surface area contributed by atoms with Crippen LogP contribution >= 0.6 is 11.6 Å². The van der Waals surface area contributed by atoms with E-state index in [0.29, 0.717) is 0 Å². The second kappa shape index (κ2) is 4.75. The molecule has 1 aromatic rings. The number of nitrogens with zero attached hydrogens (tertiary/aromatic N) is 2. The third-order valence-electron chi connectivity index (χ3n) is 3.22. The molecule has 1 aromatic carbocycles. The number of nitro benzene ring substituents is 1. The number of amides is 2. The summed E-state index contributed by atoms with van der Waals surface area (Å²) in [4.78, 5) is 35.4. The van der Waals surface area contributed by atoms with Crippen LogP contribution in [0.2, 0.25) is 5.02 Å². The van der Waals surface area contributed by atoms with Crippen LogP contribution in [-0.4, -0.2) is 28.8 Å². The lowest BCUT2D eigenvalue weighted by molar-refractivity contribution is -0.384. The molecule has 1 N–H and O–H groups in total. The average Bonchev–Trinajstić information content (AvgIpc) is 2.33. The van der Waals surface area contributed by atoms with Crippen LogP contribution in [0.5, 0.6) is 0 Å². The van der Waals surface area contributed by atoms with Crippen molar-refractivity contribution in [3.05, 3.63) is 33.3 Å². The summed E-state index contributed by atoms with van der Waals surface area (Å²) >= 11 is 5.86. The van der Waals surface area contributed by atoms with Crippen LogP contribution in [0.15, 0.2) is 18.2 Å². The molecule has 1 aliphatic heterocycles. The molecule has 1 fully saturated rings. The number of benzene rings is 1. The Morgan fingerprint density at radius 2 is 2.05 bits per heavy atom. The number of halogens is 1. The lowest BCUT2D eigenvalue weighted by Crippen LogP contribution is -2.64. The van der Waals surface area contributed by atoms with E-state index in [9.17, 15) is 19.7 Å². The third-order valence-corrected chi connectivity index (χ3v) is 3.53. The first-order chi connectivity index (χ1) is 9.25. The van der Waals surface area contributed by atoms with Gasteiger partial charge in [-0.25, -0.2) is 0 Å². The van der Waals surface area contributed by atoms with E-state index in [0.717, 1.165) is 0 Å². The van der Waals surface area contributed by atoms with Gasteiger partial charge in [-0.3, -0.25) is 25.0 Å². The van der Waals surface area contributed by atoms with Gasteiger partial charge in [-0.2, -0.15) is 0 Å². The number of hydrogen-bond acceptors (Lipinski definition) is 5. The number of hydrogen-bond donors (Lipinski definition) is 1. The van der Waals surface area contributed by atoms with Gasteiger partial charge >= 0.3 is 5.69 Å². The van der Waals surface area contributed by atoms with E-state index in [2.05, 4.69) is 5.32 Å². The molecular formula is C12H12ClN3O4. The predicted molar refractivity (Wildman–Crippen MR) is 72.7 cm³/mol. The molecule has 8 heteroatoms. The summed E-state index contributed by atoms with van der Waals surface area (Å²) in [7, 11) is 0. The van der Waals surface area contributed by atoms with Crippen molar-refractivity contribution in [3.63, 3.8) is 0 Å². The Balaban J connectivity index is 2.60. The van der Waals surface area contributed by atoms with Crippen LogP contribution in [0.4, 0.5) is 11.4 Å². The molecule has 0 atom stereocenters. The fourth-order valence-corrected chi connectivity index (χ4v) is 2.31. The summed E-state index contributed by atoms with van der Waals surface area (Å²) in [6.07, 6.45) is 0. The standard InChI is InChI=1S/C12H12ClN3O4/c1-12(2)11(18)14-9(17)6-15(12)8-5-3-4-7(13)10(8)16(19)20/h3-5H,6H2,1-2H3,(H,14,17,18). The van der Waals surface area contributed by atoms with Crippen molar-refractivity contribution in [3.8, 4) is 0 Å². The molecule has 0 radical (unpaired) electrons. The second-order valence-corrected chi connectivity index (χ2v) is 5.29. The van der Waals surface area contributed by atoms with Crippen LogP contribution in [0.25, 0.3) is 0 Å². The van der Waals surface area contributed by atoms with Crippen LogP contribution in [0, 0.1) is 10.1 Å². The summed E-state index contributed by atoms with van der Waals surface area (Å²) in [6.45, 7) is 3.01. The maximum Gasteiger partial charge on any atom is 0.310 e. The number of imide groups is 1. The zero-order chi connectivity index (χ0) is 15.1. The van der Waals surface area contributed by atoms with Crippen LogP contribution in [0.3, 0.4) is 0 Å². The van der Waals surface area contributed by atoms with Gasteiger partial charge in [0.05, 0.1) is 11.5 Å². The summed E-state index contributed by atoms with van der Waals surface area (Å²) in [5.74, 6) is -1.02. The fourth-order valence-electron chi connectivity index (χ4n) is 2.07. The highest BCUT2D eigenvalue weighted by Crippen LogP contribution is 2.38. The zero-order valence-corrected chi connectivity index (χ0v) is 11.6. The number of nitrogens with one attached hydrogen (secondary N) is 1. The molecule has 0 spiro atoms. The Bertz CT molecular complexity index is 615. The van der Waals surface area contributed by atoms with Crippen LogP contribution in [-0.2, 0) is 9.59 Å². The number of piperazine rings is 1. The minimum atomic E-state index is -1.09. The molecule has 1 aliphatic rings. The van der Waals surface area contributed by atoms with Crippen molar-refractivity contribution in [2.45, 2.75) is 19.4 Å². The van der Waals surface area contributed by atoms with Crippen molar-refractivity contribution < 1.29 is 14.5 Å². The SMILES string of the molecule is CC1(C)C(=O)NC(=O)CN1c1cccc(Cl)c1[N+](=O)[O-]. The lowest BCUT2D eigenvalue weighted by Gasteiger charge is -2.41. The first-order valence-corrected chi connectivity index (χ1v) is 6.17. The Kier molecular flexibility index (Phi) is 3.39. The van der Waals surface area contributed by atoms with Gasteiger partial charge in [-0.1, -0.05) is 17.7 Å². The minimum Gasteiger partial charge on any atom is -0.342 e. The number of carbonyl (C=O) groups is 2. The molecule has 1 heterocycles. The highest BCUT2D eigenvalue weighted by atomic mass is 35.5. The number of rotatable bonds is 2. The monoisotopic (exact) mass is 297 g/mol. The van der Waals surface area contributed by atoms with E-state index in [1.807, 2.05) is 0 Å². The lowest BCUT2D eigenvalue weighted by atomic mass is 9.97. The van der Waals surface area contributed by atoms with Gasteiger partial charge in [-0.05, 0) is 26.0 Å². The smallest absolute Gasteiger partial charge is 0.310 e. The van der Waals surface area contributed by atoms with Gasteiger partial charge in [0.25, 0.3) is 5.91 Å². The van der Waals surface area contributed by atoms with Crippen LogP contribution < -0.4 is 10.2 Å². The highest BCUT2D eigenvalue weighted by molar-refractivity contribution is 6.33. The summed E-state index contributed by atoms with van der Waals surface area (Å²) in [5.41, 5.74) is -1.26. The first-order valence-electron chi connectivity index (χ1n) is 5.80. The van der Waals surface area contributed by atoms with E-state index in [1.54, 1.807) is 13.8 Å². The molecule has 2 rings (SSSR count). The van der Waals surface area contributed by atoms with E-state index < -0.39 is 22.3 Å². The average molecular weight is 298 g/mol. The Morgan fingerprint density at radius 3 is 2.65 bits per heavy atom. The van der Waals surface area contributed by atoms with Crippen molar-refractivity contribution in [2.75, 3.05) is 11.4 Å². The van der Waals surface area contributed by atoms with E-state index in [4.69, 9.17) is 11.6 Å². The topological polar surface area (TPSA) is 92.6 Å². The first kappa shape index (κ1) is 14.3. The summed E-state index contributed by atoms with van der Waals surface area (Å²) in [5, 5.41) is 13.3. The maximum atomic E-state index is 11.9. The maximum absolute atomic E-state index is 11.9. The molecular weight excluding hydrogens is 286 g/mol. The number of carbonyl (C=O) groups excluding carboxylic acids is 2. The fraction of sp³-hybridized carbons (Fsp3) is 0.333. The van der Waals surface area contributed by atoms with Crippen LogP contribution in [0.1, 0.15) is 13.8 Å². The Hall–Kier alpha value is -2.15. The van der Waals surface area contributed by atoms with E-state index in [-0.39, 0.29) is 22.9 Å². The molecule has 20 heavy (non-hydrogen) atoms. The van der Waals surface area contributed by atoms with E-state index >= 15 is 0 Å². The molecule has 0 aliphatic carbocycles. The number of anilines is 1. The van der Waals surface area contributed by atoms with Crippen molar-refractivity contribution in [1.29, 1.82) is 0 Å². The van der Waals surface area contributed by atoms with Gasteiger partial charge in [-0.15, -0.1) is 0 Å². The Morgan fingerprint density at radius 1 is 1.40 bits per heavy atom. The molecule has 7 nitrogen and oxygen atoms in total. The normalized spacial score (nSPS) is 17.9. The Labute approximate surface area is 119 Å². The van der Waals surface area contributed by atoms with Crippen molar-refractivity contribution >= 4 is 34.8 Å².